The molecule has 0 aromatic heterocycles. The smallest absolute Gasteiger partial charge is 0.169 e. The van der Waals surface area contributed by atoms with Gasteiger partial charge in [0, 0.05) is 17.4 Å². The standard InChI is InChI=1S/C19H17ClO3/c1-2-16(21)11-13-10-14-4-3-5-18(19(14)22-12-13)23-17-8-6-15(20)7-9-17/h2-9,13H,1,10-12H2. The highest BCUT2D eigenvalue weighted by molar-refractivity contribution is 6.30. The van der Waals surface area contributed by atoms with Gasteiger partial charge in [0.25, 0.3) is 0 Å². The zero-order valence-electron chi connectivity index (χ0n) is 12.6. The fraction of sp³-hybridized carbons (Fsp3) is 0.211. The van der Waals surface area contributed by atoms with Gasteiger partial charge in [0.15, 0.2) is 17.3 Å². The third kappa shape index (κ3) is 3.74. The van der Waals surface area contributed by atoms with Gasteiger partial charge < -0.3 is 9.47 Å². The zero-order valence-corrected chi connectivity index (χ0v) is 13.4. The Balaban J connectivity index is 1.78. The van der Waals surface area contributed by atoms with Gasteiger partial charge in [0.1, 0.15) is 5.75 Å². The number of halogens is 1. The fourth-order valence-corrected chi connectivity index (χ4v) is 2.79. The van der Waals surface area contributed by atoms with E-state index in [1.165, 1.54) is 6.08 Å². The van der Waals surface area contributed by atoms with Crippen LogP contribution in [0.3, 0.4) is 0 Å². The molecule has 1 aliphatic rings. The Morgan fingerprint density at radius 3 is 2.83 bits per heavy atom. The van der Waals surface area contributed by atoms with Gasteiger partial charge in [-0.3, -0.25) is 4.79 Å². The second kappa shape index (κ2) is 6.88. The predicted molar refractivity (Wildman–Crippen MR) is 90.5 cm³/mol. The van der Waals surface area contributed by atoms with Gasteiger partial charge in [-0.2, -0.15) is 0 Å². The number of para-hydroxylation sites is 1. The van der Waals surface area contributed by atoms with Crippen LogP contribution in [0.4, 0.5) is 0 Å². The van der Waals surface area contributed by atoms with Crippen molar-refractivity contribution in [1.29, 1.82) is 0 Å². The van der Waals surface area contributed by atoms with Crippen molar-refractivity contribution in [3.8, 4) is 17.2 Å². The summed E-state index contributed by atoms with van der Waals surface area (Å²) in [5.41, 5.74) is 1.06. The van der Waals surface area contributed by atoms with E-state index in [4.69, 9.17) is 21.1 Å². The Bertz CT molecular complexity index is 722. The van der Waals surface area contributed by atoms with Crippen molar-refractivity contribution in [3.05, 3.63) is 65.7 Å². The van der Waals surface area contributed by atoms with Crippen molar-refractivity contribution in [2.24, 2.45) is 5.92 Å². The summed E-state index contributed by atoms with van der Waals surface area (Å²) in [6.45, 7) is 4.03. The third-order valence-electron chi connectivity index (χ3n) is 3.79. The van der Waals surface area contributed by atoms with E-state index in [-0.39, 0.29) is 11.7 Å². The maximum atomic E-state index is 11.5. The Labute approximate surface area is 140 Å². The summed E-state index contributed by atoms with van der Waals surface area (Å²) in [6, 6.07) is 13.0. The molecule has 118 valence electrons. The predicted octanol–water partition coefficient (Wildman–Crippen LogP) is 4.83. The largest absolute Gasteiger partial charge is 0.489 e. The molecule has 1 heterocycles. The molecule has 3 nitrogen and oxygen atoms in total. The summed E-state index contributed by atoms with van der Waals surface area (Å²) < 4.78 is 11.8. The molecule has 0 fully saturated rings. The molecule has 2 aromatic rings. The van der Waals surface area contributed by atoms with E-state index in [1.54, 1.807) is 12.1 Å². The molecule has 0 saturated heterocycles. The second-order valence-corrected chi connectivity index (χ2v) is 5.99. The number of fused-ring (bicyclic) bond motifs is 1. The first-order valence-electron chi connectivity index (χ1n) is 7.49. The first kappa shape index (κ1) is 15.6. The van der Waals surface area contributed by atoms with Crippen LogP contribution in [0.15, 0.2) is 55.1 Å². The van der Waals surface area contributed by atoms with Crippen LogP contribution in [-0.4, -0.2) is 12.4 Å². The molecule has 1 atom stereocenters. The molecule has 0 spiro atoms. The highest BCUT2D eigenvalue weighted by Gasteiger charge is 2.24. The van der Waals surface area contributed by atoms with Crippen LogP contribution in [-0.2, 0) is 11.2 Å². The summed E-state index contributed by atoms with van der Waals surface area (Å²) in [7, 11) is 0. The molecule has 23 heavy (non-hydrogen) atoms. The van der Waals surface area contributed by atoms with Crippen molar-refractivity contribution in [2.75, 3.05) is 6.61 Å². The van der Waals surface area contributed by atoms with E-state index < -0.39 is 0 Å². The number of rotatable bonds is 5. The minimum atomic E-state index is 0.0515. The van der Waals surface area contributed by atoms with Crippen LogP contribution < -0.4 is 9.47 Å². The van der Waals surface area contributed by atoms with Gasteiger partial charge in [-0.15, -0.1) is 0 Å². The second-order valence-electron chi connectivity index (χ2n) is 5.56. The van der Waals surface area contributed by atoms with E-state index in [9.17, 15) is 4.79 Å². The Hall–Kier alpha value is -2.26. The van der Waals surface area contributed by atoms with Gasteiger partial charge in [-0.1, -0.05) is 30.3 Å². The average Bonchev–Trinajstić information content (AvgIpc) is 2.57. The normalized spacial score (nSPS) is 16.1. The summed E-state index contributed by atoms with van der Waals surface area (Å²) in [6.07, 6.45) is 2.63. The van der Waals surface area contributed by atoms with Crippen molar-refractivity contribution in [2.45, 2.75) is 12.8 Å². The van der Waals surface area contributed by atoms with Crippen LogP contribution >= 0.6 is 11.6 Å². The minimum Gasteiger partial charge on any atom is -0.489 e. The molecule has 1 aliphatic heterocycles. The highest BCUT2D eigenvalue weighted by atomic mass is 35.5. The van der Waals surface area contributed by atoms with Crippen molar-refractivity contribution in [1.82, 2.24) is 0 Å². The average molecular weight is 329 g/mol. The number of hydrogen-bond acceptors (Lipinski definition) is 3. The molecule has 0 amide bonds. The lowest BCUT2D eigenvalue weighted by molar-refractivity contribution is -0.115. The lowest BCUT2D eigenvalue weighted by Gasteiger charge is -2.26. The monoisotopic (exact) mass is 328 g/mol. The maximum Gasteiger partial charge on any atom is 0.169 e. The van der Waals surface area contributed by atoms with Gasteiger partial charge in [0.2, 0.25) is 0 Å². The van der Waals surface area contributed by atoms with E-state index in [0.717, 1.165) is 17.7 Å². The fourth-order valence-electron chi connectivity index (χ4n) is 2.67. The minimum absolute atomic E-state index is 0.0515. The molecule has 0 bridgehead atoms. The van der Waals surface area contributed by atoms with Crippen molar-refractivity contribution in [3.63, 3.8) is 0 Å². The molecule has 3 rings (SSSR count). The van der Waals surface area contributed by atoms with Crippen LogP contribution in [0.5, 0.6) is 17.2 Å². The summed E-state index contributed by atoms with van der Waals surface area (Å²) in [5.74, 6) is 2.37. The maximum absolute atomic E-state index is 11.5. The number of hydrogen-bond donors (Lipinski definition) is 0. The van der Waals surface area contributed by atoms with E-state index in [2.05, 4.69) is 6.58 Å². The van der Waals surface area contributed by atoms with Crippen LogP contribution in [0.1, 0.15) is 12.0 Å². The number of ether oxygens (including phenoxy) is 2. The number of allylic oxidation sites excluding steroid dienone is 1. The molecule has 1 unspecified atom stereocenters. The topological polar surface area (TPSA) is 35.5 Å². The Morgan fingerprint density at radius 1 is 1.30 bits per heavy atom. The molecule has 4 heteroatoms. The van der Waals surface area contributed by atoms with Crippen LogP contribution in [0, 0.1) is 5.92 Å². The number of carbonyl (C=O) groups excluding carboxylic acids is 1. The lowest BCUT2D eigenvalue weighted by Crippen LogP contribution is -2.23. The SMILES string of the molecule is C=CC(=O)CC1COc2c(cccc2Oc2ccc(Cl)cc2)C1. The van der Waals surface area contributed by atoms with Gasteiger partial charge in [-0.05, 0) is 48.4 Å². The van der Waals surface area contributed by atoms with E-state index >= 15 is 0 Å². The van der Waals surface area contributed by atoms with Gasteiger partial charge in [-0.25, -0.2) is 0 Å². The van der Waals surface area contributed by atoms with Gasteiger partial charge >= 0.3 is 0 Å². The molecule has 2 aromatic carbocycles. The number of benzene rings is 2. The van der Waals surface area contributed by atoms with Crippen LogP contribution in [0.2, 0.25) is 5.02 Å². The zero-order chi connectivity index (χ0) is 16.2. The van der Waals surface area contributed by atoms with Crippen molar-refractivity contribution >= 4 is 17.4 Å². The molecule has 0 saturated carbocycles. The Kier molecular flexibility index (Phi) is 4.68. The molecule has 0 radical (unpaired) electrons. The van der Waals surface area contributed by atoms with Gasteiger partial charge in [0.05, 0.1) is 6.61 Å². The molecule has 0 N–H and O–H groups in total. The van der Waals surface area contributed by atoms with Crippen LogP contribution in [0.25, 0.3) is 0 Å². The quantitative estimate of drug-likeness (QED) is 0.737. The van der Waals surface area contributed by atoms with E-state index in [0.29, 0.717) is 29.5 Å². The summed E-state index contributed by atoms with van der Waals surface area (Å²) >= 11 is 5.88. The molecular weight excluding hydrogens is 312 g/mol. The number of ketones is 1. The summed E-state index contributed by atoms with van der Waals surface area (Å²) in [4.78, 5) is 11.5. The lowest BCUT2D eigenvalue weighted by atomic mass is 9.92. The van der Waals surface area contributed by atoms with Crippen molar-refractivity contribution < 1.29 is 14.3 Å². The Morgan fingerprint density at radius 2 is 2.09 bits per heavy atom. The summed E-state index contributed by atoms with van der Waals surface area (Å²) in [5, 5.41) is 0.665. The first-order chi connectivity index (χ1) is 11.2. The number of carbonyl (C=O) groups is 1. The highest BCUT2D eigenvalue weighted by Crippen LogP contribution is 2.39. The molecule has 0 aliphatic carbocycles. The molecular formula is C19H17ClO3. The third-order valence-corrected chi connectivity index (χ3v) is 4.04. The van der Waals surface area contributed by atoms with E-state index in [1.807, 2.05) is 30.3 Å². The first-order valence-corrected chi connectivity index (χ1v) is 7.87.